The highest BCUT2D eigenvalue weighted by Crippen LogP contribution is 2.23. The number of rotatable bonds is 4. The van der Waals surface area contributed by atoms with Crippen LogP contribution in [0.25, 0.3) is 0 Å². The highest BCUT2D eigenvalue weighted by molar-refractivity contribution is 5.88. The van der Waals surface area contributed by atoms with E-state index >= 15 is 0 Å². The van der Waals surface area contributed by atoms with Gasteiger partial charge >= 0.3 is 0 Å². The maximum atomic E-state index is 13.9. The molecule has 1 aromatic rings. The quantitative estimate of drug-likeness (QED) is 0.607. The molecular formula is C18H25F2N5O2. The molecule has 0 unspecified atom stereocenters. The van der Waals surface area contributed by atoms with E-state index in [0.717, 1.165) is 6.07 Å². The van der Waals surface area contributed by atoms with Crippen LogP contribution in [0.15, 0.2) is 17.1 Å². The normalized spacial score (nSPS) is 13.9. The number of aliphatic imine (C=N–C) groups is 1. The van der Waals surface area contributed by atoms with Crippen molar-refractivity contribution in [1.29, 1.82) is 0 Å². The summed E-state index contributed by atoms with van der Waals surface area (Å²) in [7, 11) is 6.53. The Morgan fingerprint density at radius 1 is 1.15 bits per heavy atom. The Balaban J connectivity index is 2.20. The zero-order valence-corrected chi connectivity index (χ0v) is 16.1. The SMILES string of the molecule is CN(C)C(=O)CN=C(NCC(=O)N(C)C)N1CCc2c(F)cc(F)cc2C1. The zero-order valence-electron chi connectivity index (χ0n) is 16.1. The van der Waals surface area contributed by atoms with Gasteiger partial charge in [-0.2, -0.15) is 0 Å². The number of nitrogens with zero attached hydrogens (tertiary/aromatic N) is 4. The average molecular weight is 381 g/mol. The summed E-state index contributed by atoms with van der Waals surface area (Å²) in [4.78, 5) is 32.7. The van der Waals surface area contributed by atoms with Crippen LogP contribution >= 0.6 is 0 Å². The Hall–Kier alpha value is -2.71. The molecule has 7 nitrogen and oxygen atoms in total. The minimum atomic E-state index is -0.634. The number of guanidine groups is 1. The van der Waals surface area contributed by atoms with E-state index in [-0.39, 0.29) is 31.4 Å². The van der Waals surface area contributed by atoms with Crippen molar-refractivity contribution in [2.24, 2.45) is 4.99 Å². The van der Waals surface area contributed by atoms with Gasteiger partial charge in [-0.3, -0.25) is 9.59 Å². The summed E-state index contributed by atoms with van der Waals surface area (Å²) in [5.41, 5.74) is 1.02. The zero-order chi connectivity index (χ0) is 20.1. The number of carbonyl (C=O) groups is 2. The van der Waals surface area contributed by atoms with Gasteiger partial charge in [0.2, 0.25) is 11.8 Å². The van der Waals surface area contributed by atoms with Gasteiger partial charge in [-0.05, 0) is 23.6 Å². The lowest BCUT2D eigenvalue weighted by Crippen LogP contribution is -2.47. The van der Waals surface area contributed by atoms with Gasteiger partial charge in [-0.1, -0.05) is 0 Å². The van der Waals surface area contributed by atoms with Crippen molar-refractivity contribution in [3.8, 4) is 0 Å². The van der Waals surface area contributed by atoms with E-state index in [1.54, 1.807) is 33.1 Å². The Kier molecular flexibility index (Phi) is 6.70. The van der Waals surface area contributed by atoms with E-state index < -0.39 is 11.6 Å². The van der Waals surface area contributed by atoms with Crippen molar-refractivity contribution in [3.63, 3.8) is 0 Å². The van der Waals surface area contributed by atoms with Gasteiger partial charge in [-0.25, -0.2) is 13.8 Å². The monoisotopic (exact) mass is 381 g/mol. The van der Waals surface area contributed by atoms with Crippen molar-refractivity contribution in [3.05, 3.63) is 34.9 Å². The van der Waals surface area contributed by atoms with E-state index in [0.29, 0.717) is 30.1 Å². The molecule has 0 fully saturated rings. The summed E-state index contributed by atoms with van der Waals surface area (Å²) in [6.07, 6.45) is 0.380. The third kappa shape index (κ3) is 5.38. The summed E-state index contributed by atoms with van der Waals surface area (Å²) < 4.78 is 27.5. The first-order valence-corrected chi connectivity index (χ1v) is 8.59. The molecule has 2 amide bonds. The van der Waals surface area contributed by atoms with Gasteiger partial charge in [0.15, 0.2) is 5.96 Å². The van der Waals surface area contributed by atoms with E-state index in [4.69, 9.17) is 0 Å². The molecule has 0 atom stereocenters. The summed E-state index contributed by atoms with van der Waals surface area (Å²) >= 11 is 0. The van der Waals surface area contributed by atoms with Crippen LogP contribution < -0.4 is 5.32 Å². The van der Waals surface area contributed by atoms with Crippen LogP contribution in [0, 0.1) is 11.6 Å². The van der Waals surface area contributed by atoms with Crippen LogP contribution in [-0.2, 0) is 22.6 Å². The fraction of sp³-hybridized carbons (Fsp3) is 0.500. The molecule has 148 valence electrons. The van der Waals surface area contributed by atoms with Crippen LogP contribution in [0.5, 0.6) is 0 Å². The minimum absolute atomic E-state index is 0.00283. The predicted octanol–water partition coefficient (Wildman–Crippen LogP) is 0.445. The van der Waals surface area contributed by atoms with Crippen molar-refractivity contribution in [2.45, 2.75) is 13.0 Å². The van der Waals surface area contributed by atoms with Crippen molar-refractivity contribution < 1.29 is 18.4 Å². The van der Waals surface area contributed by atoms with Crippen molar-refractivity contribution >= 4 is 17.8 Å². The second-order valence-corrected chi connectivity index (χ2v) is 6.77. The number of benzene rings is 1. The molecule has 27 heavy (non-hydrogen) atoms. The summed E-state index contributed by atoms with van der Waals surface area (Å²) in [5, 5.41) is 2.95. The Bertz CT molecular complexity index is 750. The molecule has 9 heteroatoms. The Morgan fingerprint density at radius 2 is 1.81 bits per heavy atom. The predicted molar refractivity (Wildman–Crippen MR) is 98.2 cm³/mol. The lowest BCUT2D eigenvalue weighted by Gasteiger charge is -2.32. The second kappa shape index (κ2) is 8.79. The molecule has 1 aromatic carbocycles. The molecule has 0 aromatic heterocycles. The van der Waals surface area contributed by atoms with Gasteiger partial charge in [0.25, 0.3) is 0 Å². The van der Waals surface area contributed by atoms with Crippen LogP contribution in [-0.4, -0.2) is 80.3 Å². The first-order chi connectivity index (χ1) is 12.7. The van der Waals surface area contributed by atoms with Crippen LogP contribution in [0.1, 0.15) is 11.1 Å². The standard InChI is InChI=1S/C18H25F2N5O2/c1-23(2)16(26)9-21-18(22-10-17(27)24(3)4)25-6-5-14-12(11-25)7-13(19)8-15(14)20/h7-8H,5-6,9-11H2,1-4H3,(H,21,22). The topological polar surface area (TPSA) is 68.2 Å². The molecule has 1 aliphatic rings. The Morgan fingerprint density at radius 3 is 2.44 bits per heavy atom. The maximum absolute atomic E-state index is 13.9. The number of hydrogen-bond donors (Lipinski definition) is 1. The number of nitrogens with one attached hydrogen (secondary N) is 1. The van der Waals surface area contributed by atoms with Gasteiger partial charge in [-0.15, -0.1) is 0 Å². The van der Waals surface area contributed by atoms with Crippen molar-refractivity contribution in [2.75, 3.05) is 47.8 Å². The van der Waals surface area contributed by atoms with Crippen molar-refractivity contribution in [1.82, 2.24) is 20.0 Å². The molecule has 0 bridgehead atoms. The fourth-order valence-corrected chi connectivity index (χ4v) is 2.65. The molecule has 1 aliphatic heterocycles. The molecule has 0 saturated carbocycles. The van der Waals surface area contributed by atoms with Crippen LogP contribution in [0.4, 0.5) is 8.78 Å². The molecule has 0 radical (unpaired) electrons. The molecular weight excluding hydrogens is 356 g/mol. The lowest BCUT2D eigenvalue weighted by atomic mass is 9.99. The number of hydrogen-bond acceptors (Lipinski definition) is 3. The third-order valence-electron chi connectivity index (χ3n) is 4.30. The highest BCUT2D eigenvalue weighted by atomic mass is 19.1. The van der Waals surface area contributed by atoms with E-state index in [1.165, 1.54) is 15.9 Å². The van der Waals surface area contributed by atoms with Gasteiger partial charge in [0, 0.05) is 47.3 Å². The van der Waals surface area contributed by atoms with Gasteiger partial charge < -0.3 is 20.0 Å². The van der Waals surface area contributed by atoms with Gasteiger partial charge in [0.05, 0.1) is 6.54 Å². The highest BCUT2D eigenvalue weighted by Gasteiger charge is 2.23. The molecule has 1 N–H and O–H groups in total. The largest absolute Gasteiger partial charge is 0.347 e. The average Bonchev–Trinajstić information content (AvgIpc) is 2.60. The summed E-state index contributed by atoms with van der Waals surface area (Å²) in [6.45, 7) is 0.588. The van der Waals surface area contributed by atoms with E-state index in [1.807, 2.05) is 0 Å². The molecule has 1 heterocycles. The fourth-order valence-electron chi connectivity index (χ4n) is 2.65. The first-order valence-electron chi connectivity index (χ1n) is 8.59. The van der Waals surface area contributed by atoms with Crippen LogP contribution in [0.2, 0.25) is 0 Å². The lowest BCUT2D eigenvalue weighted by molar-refractivity contribution is -0.127. The smallest absolute Gasteiger partial charge is 0.243 e. The minimum Gasteiger partial charge on any atom is -0.347 e. The number of amides is 2. The maximum Gasteiger partial charge on any atom is 0.243 e. The molecule has 0 spiro atoms. The molecule has 0 saturated heterocycles. The van der Waals surface area contributed by atoms with Gasteiger partial charge in [0.1, 0.15) is 18.2 Å². The molecule has 2 rings (SSSR count). The number of carbonyl (C=O) groups excluding carboxylic acids is 2. The second-order valence-electron chi connectivity index (χ2n) is 6.77. The third-order valence-corrected chi connectivity index (χ3v) is 4.30. The molecule has 0 aliphatic carbocycles. The number of fused-ring (bicyclic) bond motifs is 1. The summed E-state index contributed by atoms with van der Waals surface area (Å²) in [6, 6.07) is 2.19. The first kappa shape index (κ1) is 20.6. The van der Waals surface area contributed by atoms with E-state index in [9.17, 15) is 18.4 Å². The van der Waals surface area contributed by atoms with E-state index in [2.05, 4.69) is 10.3 Å². The Labute approximate surface area is 157 Å². The summed E-state index contributed by atoms with van der Waals surface area (Å²) in [5.74, 6) is -1.18. The number of halogens is 2. The van der Waals surface area contributed by atoms with Crippen LogP contribution in [0.3, 0.4) is 0 Å². The number of likely N-dealkylation sites (N-methyl/N-ethyl adjacent to an activating group) is 2.